The van der Waals surface area contributed by atoms with Gasteiger partial charge in [-0.3, -0.25) is 0 Å². The molecule has 0 unspecified atom stereocenters. The predicted octanol–water partition coefficient (Wildman–Crippen LogP) is 2.95. The van der Waals surface area contributed by atoms with E-state index in [1.165, 1.54) is 12.1 Å². The van der Waals surface area contributed by atoms with E-state index < -0.39 is 11.7 Å². The first-order valence-corrected chi connectivity index (χ1v) is 6.88. The van der Waals surface area contributed by atoms with Crippen molar-refractivity contribution < 1.29 is 13.2 Å². The van der Waals surface area contributed by atoms with Crippen LogP contribution < -0.4 is 9.80 Å². The fraction of sp³-hybridized carbons (Fsp3) is 0.333. The monoisotopic (exact) mass is 308 g/mol. The van der Waals surface area contributed by atoms with Gasteiger partial charge in [0.05, 0.1) is 23.5 Å². The van der Waals surface area contributed by atoms with Gasteiger partial charge in [0.1, 0.15) is 5.82 Å². The smallest absolute Gasteiger partial charge is 0.371 e. The first-order chi connectivity index (χ1) is 10.4. The lowest BCUT2D eigenvalue weighted by Crippen LogP contribution is -2.39. The van der Waals surface area contributed by atoms with Crippen LogP contribution in [0, 0.1) is 0 Å². The van der Waals surface area contributed by atoms with Crippen molar-refractivity contribution >= 4 is 11.4 Å². The lowest BCUT2D eigenvalue weighted by molar-refractivity contribution is -0.137. The van der Waals surface area contributed by atoms with Crippen molar-refractivity contribution in [2.45, 2.75) is 12.7 Å². The van der Waals surface area contributed by atoms with E-state index in [2.05, 4.69) is 9.97 Å². The first-order valence-electron chi connectivity index (χ1n) is 6.88. The molecule has 0 bridgehead atoms. The van der Waals surface area contributed by atoms with E-state index in [1.54, 1.807) is 25.5 Å². The van der Waals surface area contributed by atoms with E-state index in [0.29, 0.717) is 31.1 Å². The molecule has 1 aliphatic rings. The number of anilines is 2. The Kier molecular flexibility index (Phi) is 3.64. The Morgan fingerprint density at radius 2 is 1.82 bits per heavy atom. The van der Waals surface area contributed by atoms with Crippen molar-refractivity contribution in [2.24, 2.45) is 0 Å². The summed E-state index contributed by atoms with van der Waals surface area (Å²) in [5, 5.41) is 0. The van der Waals surface area contributed by atoms with E-state index in [4.69, 9.17) is 0 Å². The molecule has 1 aliphatic heterocycles. The van der Waals surface area contributed by atoms with Crippen LogP contribution >= 0.6 is 0 Å². The molecule has 0 saturated heterocycles. The maximum atomic E-state index is 12.9. The highest BCUT2D eigenvalue weighted by Gasteiger charge is 2.32. The third-order valence-corrected chi connectivity index (χ3v) is 3.71. The van der Waals surface area contributed by atoms with E-state index in [-0.39, 0.29) is 0 Å². The van der Waals surface area contributed by atoms with Gasteiger partial charge in [-0.25, -0.2) is 9.97 Å². The van der Waals surface area contributed by atoms with E-state index in [1.807, 2.05) is 9.80 Å². The number of aromatic nitrogens is 2. The van der Waals surface area contributed by atoms with Gasteiger partial charge < -0.3 is 9.80 Å². The minimum Gasteiger partial charge on any atom is -0.371 e. The molecule has 0 N–H and O–H groups in total. The summed E-state index contributed by atoms with van der Waals surface area (Å²) in [5.74, 6) is 0.651. The predicted molar refractivity (Wildman–Crippen MR) is 77.8 cm³/mol. The van der Waals surface area contributed by atoms with Gasteiger partial charge in [-0.05, 0) is 24.3 Å². The Labute approximate surface area is 126 Å². The highest BCUT2D eigenvalue weighted by atomic mass is 19.4. The average Bonchev–Trinajstić information content (AvgIpc) is 2.50. The molecule has 0 saturated carbocycles. The molecule has 2 heterocycles. The number of fused-ring (bicyclic) bond motifs is 1. The number of alkyl halides is 3. The van der Waals surface area contributed by atoms with Crippen LogP contribution in [-0.2, 0) is 12.7 Å². The van der Waals surface area contributed by atoms with Crippen LogP contribution in [0.15, 0.2) is 36.7 Å². The Balaban J connectivity index is 1.93. The van der Waals surface area contributed by atoms with E-state index in [9.17, 15) is 13.2 Å². The lowest BCUT2D eigenvalue weighted by Gasteiger charge is -2.37. The maximum Gasteiger partial charge on any atom is 0.416 e. The van der Waals surface area contributed by atoms with Gasteiger partial charge in [0.25, 0.3) is 0 Å². The molecule has 3 rings (SSSR count). The molecule has 1 aromatic heterocycles. The Hall–Kier alpha value is -2.31. The van der Waals surface area contributed by atoms with Gasteiger partial charge in [0.15, 0.2) is 0 Å². The molecule has 0 aliphatic carbocycles. The van der Waals surface area contributed by atoms with Crippen LogP contribution in [0.3, 0.4) is 0 Å². The SMILES string of the molecule is CN1CCN(Cc2ncccn2)c2ccc(C(F)(F)F)cc21. The minimum atomic E-state index is -4.33. The van der Waals surface area contributed by atoms with Crippen molar-refractivity contribution in [3.8, 4) is 0 Å². The number of hydrogen-bond acceptors (Lipinski definition) is 4. The molecule has 0 radical (unpaired) electrons. The van der Waals surface area contributed by atoms with E-state index in [0.717, 1.165) is 11.8 Å². The second kappa shape index (κ2) is 5.47. The zero-order valence-corrected chi connectivity index (χ0v) is 12.0. The molecule has 0 amide bonds. The zero-order chi connectivity index (χ0) is 15.7. The number of nitrogens with zero attached hydrogens (tertiary/aromatic N) is 4. The summed E-state index contributed by atoms with van der Waals surface area (Å²) < 4.78 is 38.6. The molecule has 2 aromatic rings. The van der Waals surface area contributed by atoms with Crippen molar-refractivity contribution in [2.75, 3.05) is 29.9 Å². The zero-order valence-electron chi connectivity index (χ0n) is 12.0. The second-order valence-corrected chi connectivity index (χ2v) is 5.21. The molecule has 116 valence electrons. The maximum absolute atomic E-state index is 12.9. The minimum absolute atomic E-state index is 0.479. The van der Waals surface area contributed by atoms with Gasteiger partial charge in [-0.15, -0.1) is 0 Å². The molecular weight excluding hydrogens is 293 g/mol. The summed E-state index contributed by atoms with van der Waals surface area (Å²) in [6.07, 6.45) is -1.02. The third kappa shape index (κ3) is 2.84. The van der Waals surface area contributed by atoms with Crippen LogP contribution in [0.4, 0.5) is 24.5 Å². The van der Waals surface area contributed by atoms with Crippen LogP contribution in [0.5, 0.6) is 0 Å². The summed E-state index contributed by atoms with van der Waals surface area (Å²) in [7, 11) is 1.80. The first kappa shape index (κ1) is 14.6. The summed E-state index contributed by atoms with van der Waals surface area (Å²) in [4.78, 5) is 12.2. The van der Waals surface area contributed by atoms with Crippen LogP contribution in [-0.4, -0.2) is 30.1 Å². The van der Waals surface area contributed by atoms with Gasteiger partial charge >= 0.3 is 6.18 Å². The molecular formula is C15H15F3N4. The largest absolute Gasteiger partial charge is 0.416 e. The summed E-state index contributed by atoms with van der Waals surface area (Å²) >= 11 is 0. The van der Waals surface area contributed by atoms with E-state index >= 15 is 0 Å². The molecule has 1 aromatic carbocycles. The van der Waals surface area contributed by atoms with Gasteiger partial charge in [-0.2, -0.15) is 13.2 Å². The Morgan fingerprint density at radius 3 is 2.50 bits per heavy atom. The normalized spacial score (nSPS) is 14.9. The Morgan fingerprint density at radius 1 is 1.09 bits per heavy atom. The molecule has 0 atom stereocenters. The second-order valence-electron chi connectivity index (χ2n) is 5.21. The molecule has 0 spiro atoms. The van der Waals surface area contributed by atoms with Gasteiger partial charge in [-0.1, -0.05) is 0 Å². The third-order valence-electron chi connectivity index (χ3n) is 3.71. The summed E-state index contributed by atoms with van der Waals surface area (Å²) in [5.41, 5.74) is 0.724. The average molecular weight is 308 g/mol. The fourth-order valence-corrected chi connectivity index (χ4v) is 2.53. The van der Waals surface area contributed by atoms with Crippen LogP contribution in [0.25, 0.3) is 0 Å². The number of benzene rings is 1. The van der Waals surface area contributed by atoms with Gasteiger partial charge in [0.2, 0.25) is 0 Å². The topological polar surface area (TPSA) is 32.3 Å². The van der Waals surface area contributed by atoms with Crippen LogP contribution in [0.2, 0.25) is 0 Å². The standard InChI is InChI=1S/C15H15F3N4/c1-21-7-8-22(10-14-19-5-2-6-20-14)12-4-3-11(9-13(12)21)15(16,17)18/h2-6,9H,7-8,10H2,1H3. The molecule has 0 fully saturated rings. The van der Waals surface area contributed by atoms with Crippen molar-refractivity contribution in [1.82, 2.24) is 9.97 Å². The van der Waals surface area contributed by atoms with Crippen molar-refractivity contribution in [3.05, 3.63) is 48.0 Å². The molecule has 22 heavy (non-hydrogen) atoms. The summed E-state index contributed by atoms with van der Waals surface area (Å²) in [6.45, 7) is 1.85. The fourth-order valence-electron chi connectivity index (χ4n) is 2.53. The number of likely N-dealkylation sites (N-methyl/N-ethyl adjacent to an activating group) is 1. The van der Waals surface area contributed by atoms with Crippen LogP contribution in [0.1, 0.15) is 11.4 Å². The molecule has 4 nitrogen and oxygen atoms in total. The highest BCUT2D eigenvalue weighted by molar-refractivity contribution is 5.74. The number of hydrogen-bond donors (Lipinski definition) is 0. The quantitative estimate of drug-likeness (QED) is 0.854. The Bertz CT molecular complexity index is 658. The lowest BCUT2D eigenvalue weighted by atomic mass is 10.1. The van der Waals surface area contributed by atoms with Gasteiger partial charge in [0, 0.05) is 32.5 Å². The highest BCUT2D eigenvalue weighted by Crippen LogP contribution is 2.38. The number of rotatable bonds is 2. The summed E-state index contributed by atoms with van der Waals surface area (Å²) in [6, 6.07) is 5.58. The van der Waals surface area contributed by atoms with Crippen molar-refractivity contribution in [3.63, 3.8) is 0 Å². The molecule has 7 heteroatoms. The van der Waals surface area contributed by atoms with Crippen molar-refractivity contribution in [1.29, 1.82) is 0 Å². The number of halogens is 3.